The Balaban J connectivity index is 1.81. The van der Waals surface area contributed by atoms with E-state index in [9.17, 15) is 9.59 Å². The number of halogens is 1. The van der Waals surface area contributed by atoms with E-state index in [1.54, 1.807) is 32.4 Å². The normalized spacial score (nSPS) is 10.2. The Morgan fingerprint density at radius 1 is 1.04 bits per heavy atom. The molecule has 0 atom stereocenters. The number of hydrogen-bond donors (Lipinski definition) is 1. The summed E-state index contributed by atoms with van der Waals surface area (Å²) in [4.78, 5) is 23.8. The van der Waals surface area contributed by atoms with E-state index in [2.05, 4.69) is 5.32 Å². The van der Waals surface area contributed by atoms with Crippen molar-refractivity contribution in [3.8, 4) is 11.5 Å². The van der Waals surface area contributed by atoms with Gasteiger partial charge in [0.2, 0.25) is 0 Å². The second-order valence-electron chi connectivity index (χ2n) is 5.91. The molecule has 2 aromatic carbocycles. The third-order valence-electron chi connectivity index (χ3n) is 3.79. The third-order valence-corrected chi connectivity index (χ3v) is 4.10. The standard InChI is InChI=1S/C20H22ClNO5/c1-13-4-6-18(17(21)8-13)22-19(23)12-27-20(24)7-5-14-9-15(25-2)11-16(10-14)26-3/h4,6,8-11H,5,7,12H2,1-3H3,(H,22,23). The van der Waals surface area contributed by atoms with E-state index in [0.717, 1.165) is 11.1 Å². The minimum Gasteiger partial charge on any atom is -0.497 e. The summed E-state index contributed by atoms with van der Waals surface area (Å²) in [5, 5.41) is 3.05. The average molecular weight is 392 g/mol. The number of anilines is 1. The number of methoxy groups -OCH3 is 2. The van der Waals surface area contributed by atoms with E-state index in [4.69, 9.17) is 25.8 Å². The lowest BCUT2D eigenvalue weighted by molar-refractivity contribution is -0.147. The molecule has 2 rings (SSSR count). The van der Waals surface area contributed by atoms with Crippen molar-refractivity contribution in [2.24, 2.45) is 0 Å². The van der Waals surface area contributed by atoms with Crippen LogP contribution in [0.2, 0.25) is 5.02 Å². The predicted molar refractivity (Wildman–Crippen MR) is 104 cm³/mol. The first-order valence-corrected chi connectivity index (χ1v) is 8.72. The maximum absolute atomic E-state index is 11.9. The summed E-state index contributed by atoms with van der Waals surface area (Å²) in [7, 11) is 3.12. The van der Waals surface area contributed by atoms with Crippen LogP contribution < -0.4 is 14.8 Å². The number of carbonyl (C=O) groups is 2. The highest BCUT2D eigenvalue weighted by Crippen LogP contribution is 2.24. The number of nitrogens with one attached hydrogen (secondary N) is 1. The molecule has 0 aliphatic rings. The monoisotopic (exact) mass is 391 g/mol. The highest BCUT2D eigenvalue weighted by Gasteiger charge is 2.11. The second-order valence-corrected chi connectivity index (χ2v) is 6.32. The molecule has 6 nitrogen and oxygen atoms in total. The van der Waals surface area contributed by atoms with Crippen molar-refractivity contribution in [2.45, 2.75) is 19.8 Å². The van der Waals surface area contributed by atoms with Crippen LogP contribution in [0.3, 0.4) is 0 Å². The van der Waals surface area contributed by atoms with Crippen molar-refractivity contribution in [3.05, 3.63) is 52.5 Å². The molecule has 0 radical (unpaired) electrons. The Labute approximate surface area is 163 Å². The molecule has 0 aromatic heterocycles. The molecule has 0 aliphatic carbocycles. The molecule has 0 heterocycles. The van der Waals surface area contributed by atoms with Gasteiger partial charge in [-0.1, -0.05) is 17.7 Å². The Hall–Kier alpha value is -2.73. The second kappa shape index (κ2) is 9.83. The van der Waals surface area contributed by atoms with Gasteiger partial charge in [-0.3, -0.25) is 9.59 Å². The fourth-order valence-corrected chi connectivity index (χ4v) is 2.67. The van der Waals surface area contributed by atoms with Gasteiger partial charge < -0.3 is 19.5 Å². The van der Waals surface area contributed by atoms with Crippen molar-refractivity contribution in [1.29, 1.82) is 0 Å². The number of aryl methyl sites for hydroxylation is 2. The maximum Gasteiger partial charge on any atom is 0.306 e. The van der Waals surface area contributed by atoms with Crippen molar-refractivity contribution in [3.63, 3.8) is 0 Å². The smallest absolute Gasteiger partial charge is 0.306 e. The first kappa shape index (κ1) is 20.6. The van der Waals surface area contributed by atoms with Gasteiger partial charge in [0.1, 0.15) is 11.5 Å². The highest BCUT2D eigenvalue weighted by atomic mass is 35.5. The van der Waals surface area contributed by atoms with Gasteiger partial charge in [0, 0.05) is 12.5 Å². The molecule has 2 aromatic rings. The Bertz CT molecular complexity index is 800. The van der Waals surface area contributed by atoms with E-state index < -0.39 is 11.9 Å². The van der Waals surface area contributed by atoms with Crippen LogP contribution in [0.4, 0.5) is 5.69 Å². The zero-order valence-corrected chi connectivity index (χ0v) is 16.3. The van der Waals surface area contributed by atoms with Gasteiger partial charge in [0.05, 0.1) is 24.9 Å². The first-order chi connectivity index (χ1) is 12.9. The van der Waals surface area contributed by atoms with Crippen LogP contribution in [0, 0.1) is 6.92 Å². The molecule has 0 saturated carbocycles. The molecule has 7 heteroatoms. The van der Waals surface area contributed by atoms with Crippen LogP contribution in [0.15, 0.2) is 36.4 Å². The van der Waals surface area contributed by atoms with Gasteiger partial charge in [-0.25, -0.2) is 0 Å². The van der Waals surface area contributed by atoms with Gasteiger partial charge in [0.25, 0.3) is 5.91 Å². The molecule has 0 spiro atoms. The summed E-state index contributed by atoms with van der Waals surface area (Å²) < 4.78 is 15.4. The highest BCUT2D eigenvalue weighted by molar-refractivity contribution is 6.33. The van der Waals surface area contributed by atoms with Crippen molar-refractivity contribution in [1.82, 2.24) is 0 Å². The summed E-state index contributed by atoms with van der Waals surface area (Å²) in [5.41, 5.74) is 2.34. The summed E-state index contributed by atoms with van der Waals surface area (Å²) >= 11 is 6.06. The largest absolute Gasteiger partial charge is 0.497 e. The summed E-state index contributed by atoms with van der Waals surface area (Å²) in [6.45, 7) is 1.53. The minimum absolute atomic E-state index is 0.134. The summed E-state index contributed by atoms with van der Waals surface area (Å²) in [6, 6.07) is 10.7. The zero-order valence-electron chi connectivity index (χ0n) is 15.5. The van der Waals surface area contributed by atoms with Gasteiger partial charge in [-0.05, 0) is 48.7 Å². The van der Waals surface area contributed by atoms with E-state index in [1.807, 2.05) is 25.1 Å². The maximum atomic E-state index is 11.9. The molecule has 0 saturated heterocycles. The molecule has 0 unspecified atom stereocenters. The molecule has 144 valence electrons. The van der Waals surface area contributed by atoms with Crippen LogP contribution in [-0.4, -0.2) is 32.7 Å². The SMILES string of the molecule is COc1cc(CCC(=O)OCC(=O)Nc2ccc(C)cc2Cl)cc(OC)c1. The molecule has 1 N–H and O–H groups in total. The van der Waals surface area contributed by atoms with Crippen LogP contribution in [0.5, 0.6) is 11.5 Å². The van der Waals surface area contributed by atoms with Gasteiger partial charge in [0.15, 0.2) is 6.61 Å². The molecular formula is C20H22ClNO5. The zero-order chi connectivity index (χ0) is 19.8. The van der Waals surface area contributed by atoms with E-state index in [-0.39, 0.29) is 13.0 Å². The van der Waals surface area contributed by atoms with Gasteiger partial charge >= 0.3 is 5.97 Å². The van der Waals surface area contributed by atoms with Crippen molar-refractivity contribution >= 4 is 29.2 Å². The molecule has 0 fully saturated rings. The van der Waals surface area contributed by atoms with Gasteiger partial charge in [-0.15, -0.1) is 0 Å². The van der Waals surface area contributed by atoms with Crippen LogP contribution in [0.1, 0.15) is 17.5 Å². The number of carbonyl (C=O) groups excluding carboxylic acids is 2. The van der Waals surface area contributed by atoms with Crippen molar-refractivity contribution < 1.29 is 23.8 Å². The van der Waals surface area contributed by atoms with Crippen LogP contribution >= 0.6 is 11.6 Å². The lowest BCUT2D eigenvalue weighted by Crippen LogP contribution is -2.21. The van der Waals surface area contributed by atoms with E-state index >= 15 is 0 Å². The number of benzene rings is 2. The number of amides is 1. The Kier molecular flexibility index (Phi) is 7.49. The molecule has 0 aliphatic heterocycles. The van der Waals surface area contributed by atoms with Crippen molar-refractivity contribution in [2.75, 3.05) is 26.1 Å². The van der Waals surface area contributed by atoms with Crippen LogP contribution in [0.25, 0.3) is 0 Å². The number of hydrogen-bond acceptors (Lipinski definition) is 5. The lowest BCUT2D eigenvalue weighted by Gasteiger charge is -2.10. The number of esters is 1. The number of ether oxygens (including phenoxy) is 3. The fourth-order valence-electron chi connectivity index (χ4n) is 2.38. The molecular weight excluding hydrogens is 370 g/mol. The lowest BCUT2D eigenvalue weighted by atomic mass is 10.1. The molecule has 0 bridgehead atoms. The summed E-state index contributed by atoms with van der Waals surface area (Å²) in [5.74, 6) is 0.373. The first-order valence-electron chi connectivity index (χ1n) is 8.35. The Morgan fingerprint density at radius 3 is 2.30 bits per heavy atom. The predicted octanol–water partition coefficient (Wildman–Crippen LogP) is 3.78. The third kappa shape index (κ3) is 6.49. The van der Waals surface area contributed by atoms with E-state index in [1.165, 1.54) is 0 Å². The number of rotatable bonds is 8. The topological polar surface area (TPSA) is 73.9 Å². The molecule has 1 amide bonds. The van der Waals surface area contributed by atoms with E-state index in [0.29, 0.717) is 28.6 Å². The minimum atomic E-state index is -0.470. The quantitative estimate of drug-likeness (QED) is 0.693. The van der Waals surface area contributed by atoms with Crippen LogP contribution in [-0.2, 0) is 20.7 Å². The molecule has 27 heavy (non-hydrogen) atoms. The Morgan fingerprint density at radius 2 is 1.70 bits per heavy atom. The fraction of sp³-hybridized carbons (Fsp3) is 0.300. The summed E-state index contributed by atoms with van der Waals surface area (Å²) in [6.07, 6.45) is 0.576. The average Bonchev–Trinajstić information content (AvgIpc) is 2.66. The van der Waals surface area contributed by atoms with Gasteiger partial charge in [-0.2, -0.15) is 0 Å².